The Morgan fingerprint density at radius 1 is 1.07 bits per heavy atom. The lowest BCUT2D eigenvalue weighted by Gasteiger charge is -2.22. The highest BCUT2D eigenvalue weighted by molar-refractivity contribution is 6.04. The summed E-state index contributed by atoms with van der Waals surface area (Å²) in [5.74, 6) is -0.523. The summed E-state index contributed by atoms with van der Waals surface area (Å²) in [6, 6.07) is 9.55. The molecule has 0 saturated carbocycles. The average molecular weight is 388 g/mol. The second kappa shape index (κ2) is 8.01. The number of anilines is 3. The number of carbonyl (C=O) groups excluding carboxylic acids is 2. The molecular formula is C21H26ClN3O2. The van der Waals surface area contributed by atoms with Crippen molar-refractivity contribution in [3.05, 3.63) is 52.6 Å². The Morgan fingerprint density at radius 2 is 1.70 bits per heavy atom. The molecule has 5 nitrogen and oxygen atoms in total. The van der Waals surface area contributed by atoms with Crippen LogP contribution in [0.4, 0.5) is 17.1 Å². The van der Waals surface area contributed by atoms with E-state index in [1.54, 1.807) is 17.0 Å². The Balaban J connectivity index is 0.00000261. The van der Waals surface area contributed by atoms with Crippen molar-refractivity contribution >= 4 is 41.3 Å². The van der Waals surface area contributed by atoms with E-state index in [0.29, 0.717) is 17.9 Å². The lowest BCUT2D eigenvalue weighted by molar-refractivity contribution is -0.122. The number of nitrogens with zero attached hydrogens (tertiary/aromatic N) is 1. The number of rotatable bonds is 3. The molecule has 0 spiro atoms. The molecule has 2 aromatic rings. The fourth-order valence-corrected chi connectivity index (χ4v) is 3.71. The van der Waals surface area contributed by atoms with E-state index in [4.69, 9.17) is 5.73 Å². The molecule has 2 aromatic carbocycles. The number of amides is 2. The SMILES string of the molecule is Cc1cc(C)c(N2CC(C(=O)Nc3cc(N)ccc3C)CC2=O)c(C)c1.Cl. The van der Waals surface area contributed by atoms with E-state index in [1.165, 1.54) is 5.56 Å². The molecule has 1 aliphatic rings. The number of benzene rings is 2. The van der Waals surface area contributed by atoms with Crippen molar-refractivity contribution in [2.24, 2.45) is 5.92 Å². The van der Waals surface area contributed by atoms with Gasteiger partial charge in [0.25, 0.3) is 0 Å². The standard InChI is InChI=1S/C21H25N3O2.ClH/c1-12-7-14(3)20(15(4)8-12)24-11-16(9-19(24)25)21(26)23-18-10-17(22)6-5-13(18)2;/h5-8,10,16H,9,11,22H2,1-4H3,(H,23,26);1H. The van der Waals surface area contributed by atoms with E-state index < -0.39 is 0 Å². The Morgan fingerprint density at radius 3 is 2.33 bits per heavy atom. The van der Waals surface area contributed by atoms with Crippen molar-refractivity contribution in [2.45, 2.75) is 34.1 Å². The number of hydrogen-bond donors (Lipinski definition) is 2. The predicted octanol–water partition coefficient (Wildman–Crippen LogP) is 3.92. The van der Waals surface area contributed by atoms with Crippen molar-refractivity contribution in [1.82, 2.24) is 0 Å². The quantitative estimate of drug-likeness (QED) is 0.784. The normalized spacial score (nSPS) is 16.2. The van der Waals surface area contributed by atoms with Crippen molar-refractivity contribution in [2.75, 3.05) is 22.5 Å². The highest BCUT2D eigenvalue weighted by atomic mass is 35.5. The van der Waals surface area contributed by atoms with Crippen LogP contribution in [0.15, 0.2) is 30.3 Å². The van der Waals surface area contributed by atoms with Gasteiger partial charge in [0.05, 0.1) is 5.92 Å². The third kappa shape index (κ3) is 4.25. The van der Waals surface area contributed by atoms with E-state index in [-0.39, 0.29) is 36.6 Å². The molecule has 0 aliphatic carbocycles. The Bertz CT molecular complexity index is 872. The van der Waals surface area contributed by atoms with Gasteiger partial charge in [-0.25, -0.2) is 0 Å². The Hall–Kier alpha value is -2.53. The van der Waals surface area contributed by atoms with Crippen molar-refractivity contribution < 1.29 is 9.59 Å². The molecule has 1 aliphatic heterocycles. The van der Waals surface area contributed by atoms with Crippen LogP contribution in [0.25, 0.3) is 0 Å². The van der Waals surface area contributed by atoms with E-state index >= 15 is 0 Å². The molecule has 1 fully saturated rings. The first-order valence-corrected chi connectivity index (χ1v) is 8.81. The van der Waals surface area contributed by atoms with Crippen LogP contribution in [0.2, 0.25) is 0 Å². The van der Waals surface area contributed by atoms with Gasteiger partial charge >= 0.3 is 0 Å². The summed E-state index contributed by atoms with van der Waals surface area (Å²) in [5, 5.41) is 2.93. The van der Waals surface area contributed by atoms with Gasteiger partial charge in [0.15, 0.2) is 0 Å². The number of aryl methyl sites for hydroxylation is 4. The molecule has 0 aromatic heterocycles. The van der Waals surface area contributed by atoms with Crippen LogP contribution in [-0.2, 0) is 9.59 Å². The molecule has 1 saturated heterocycles. The van der Waals surface area contributed by atoms with Gasteiger partial charge in [0.2, 0.25) is 11.8 Å². The van der Waals surface area contributed by atoms with Crippen LogP contribution < -0.4 is 16.0 Å². The number of nitrogens with one attached hydrogen (secondary N) is 1. The molecule has 27 heavy (non-hydrogen) atoms. The van der Waals surface area contributed by atoms with Gasteiger partial charge in [0.1, 0.15) is 0 Å². The molecule has 1 heterocycles. The smallest absolute Gasteiger partial charge is 0.229 e. The van der Waals surface area contributed by atoms with Crippen LogP contribution >= 0.6 is 12.4 Å². The first-order valence-electron chi connectivity index (χ1n) is 8.81. The van der Waals surface area contributed by atoms with Crippen LogP contribution in [-0.4, -0.2) is 18.4 Å². The first kappa shape index (κ1) is 20.8. The molecule has 1 atom stereocenters. The lowest BCUT2D eigenvalue weighted by atomic mass is 10.0. The molecule has 2 amide bonds. The zero-order valence-corrected chi connectivity index (χ0v) is 16.9. The largest absolute Gasteiger partial charge is 0.399 e. The molecule has 0 radical (unpaired) electrons. The number of nitrogens with two attached hydrogens (primary N) is 1. The summed E-state index contributed by atoms with van der Waals surface area (Å²) in [5.41, 5.74) is 12.3. The van der Waals surface area contributed by atoms with Crippen molar-refractivity contribution in [1.29, 1.82) is 0 Å². The molecule has 6 heteroatoms. The number of nitrogen functional groups attached to an aromatic ring is 1. The summed E-state index contributed by atoms with van der Waals surface area (Å²) in [6.45, 7) is 8.37. The zero-order valence-electron chi connectivity index (χ0n) is 16.1. The lowest BCUT2D eigenvalue weighted by Crippen LogP contribution is -2.29. The van der Waals surface area contributed by atoms with Crippen LogP contribution in [0.3, 0.4) is 0 Å². The summed E-state index contributed by atoms with van der Waals surface area (Å²) in [4.78, 5) is 27.0. The minimum atomic E-state index is -0.372. The van der Waals surface area contributed by atoms with Gasteiger partial charge in [0, 0.05) is 30.0 Å². The minimum Gasteiger partial charge on any atom is -0.399 e. The van der Waals surface area contributed by atoms with Crippen molar-refractivity contribution in [3.8, 4) is 0 Å². The maximum absolute atomic E-state index is 12.7. The molecule has 1 unspecified atom stereocenters. The van der Waals surface area contributed by atoms with E-state index in [2.05, 4.69) is 17.4 Å². The fourth-order valence-electron chi connectivity index (χ4n) is 3.71. The molecule has 3 N–H and O–H groups in total. The molecule has 144 valence electrons. The topological polar surface area (TPSA) is 75.4 Å². The summed E-state index contributed by atoms with van der Waals surface area (Å²) < 4.78 is 0. The van der Waals surface area contributed by atoms with Gasteiger partial charge in [-0.15, -0.1) is 12.4 Å². The molecular weight excluding hydrogens is 362 g/mol. The monoisotopic (exact) mass is 387 g/mol. The van der Waals surface area contributed by atoms with Gasteiger partial charge < -0.3 is 16.0 Å². The summed E-state index contributed by atoms with van der Waals surface area (Å²) >= 11 is 0. The number of hydrogen-bond acceptors (Lipinski definition) is 3. The fraction of sp³-hybridized carbons (Fsp3) is 0.333. The molecule has 3 rings (SSSR count). The third-order valence-electron chi connectivity index (χ3n) is 4.92. The zero-order chi connectivity index (χ0) is 19.0. The van der Waals surface area contributed by atoms with Gasteiger partial charge in [-0.1, -0.05) is 23.8 Å². The second-order valence-corrected chi connectivity index (χ2v) is 7.22. The Kier molecular flexibility index (Phi) is 6.16. The molecule has 0 bridgehead atoms. The average Bonchev–Trinajstić information content (AvgIpc) is 2.92. The van der Waals surface area contributed by atoms with Crippen LogP contribution in [0, 0.1) is 33.6 Å². The first-order chi connectivity index (χ1) is 12.3. The van der Waals surface area contributed by atoms with Gasteiger partial charge in [-0.2, -0.15) is 0 Å². The van der Waals surface area contributed by atoms with Gasteiger partial charge in [-0.05, 0) is 56.5 Å². The highest BCUT2D eigenvalue weighted by Crippen LogP contribution is 2.32. The van der Waals surface area contributed by atoms with Gasteiger partial charge in [-0.3, -0.25) is 9.59 Å². The Labute approximate surface area is 166 Å². The number of halogens is 1. The van der Waals surface area contributed by atoms with E-state index in [0.717, 1.165) is 22.4 Å². The van der Waals surface area contributed by atoms with E-state index in [1.807, 2.05) is 33.8 Å². The van der Waals surface area contributed by atoms with Crippen LogP contribution in [0.5, 0.6) is 0 Å². The maximum atomic E-state index is 12.7. The predicted molar refractivity (Wildman–Crippen MR) is 113 cm³/mol. The second-order valence-electron chi connectivity index (χ2n) is 7.22. The van der Waals surface area contributed by atoms with Crippen LogP contribution in [0.1, 0.15) is 28.7 Å². The summed E-state index contributed by atoms with van der Waals surface area (Å²) in [6.07, 6.45) is 0.222. The minimum absolute atomic E-state index is 0. The van der Waals surface area contributed by atoms with Crippen molar-refractivity contribution in [3.63, 3.8) is 0 Å². The number of carbonyl (C=O) groups is 2. The maximum Gasteiger partial charge on any atom is 0.229 e. The van der Waals surface area contributed by atoms with E-state index in [9.17, 15) is 9.59 Å². The third-order valence-corrected chi connectivity index (χ3v) is 4.92. The highest BCUT2D eigenvalue weighted by Gasteiger charge is 2.36. The summed E-state index contributed by atoms with van der Waals surface area (Å²) in [7, 11) is 0.